The number of H-pyrrole nitrogens is 1. The smallest absolute Gasteiger partial charge is 0.236 e. The van der Waals surface area contributed by atoms with Gasteiger partial charge in [-0.1, -0.05) is 31.0 Å². The molecule has 0 atom stereocenters. The molecule has 33 heavy (non-hydrogen) atoms. The van der Waals surface area contributed by atoms with Crippen molar-refractivity contribution in [2.24, 2.45) is 4.99 Å². The third kappa shape index (κ3) is 7.13. The lowest BCUT2D eigenvalue weighted by Gasteiger charge is -2.37. The maximum Gasteiger partial charge on any atom is 0.236 e. The first-order valence-corrected chi connectivity index (χ1v) is 11.6. The van der Waals surface area contributed by atoms with Gasteiger partial charge < -0.3 is 15.1 Å². The largest absolute Gasteiger partial charge is 0.352 e. The van der Waals surface area contributed by atoms with Gasteiger partial charge in [-0.2, -0.15) is 5.10 Å². The first-order valence-electron chi connectivity index (χ1n) is 11.6. The number of rotatable bonds is 5. The van der Waals surface area contributed by atoms with Crippen molar-refractivity contribution in [2.45, 2.75) is 32.2 Å². The number of carbonyl (C=O) groups excluding carboxylic acids is 1. The fraction of sp³-hybridized carbons (Fsp3) is 0.565. The molecule has 1 aromatic carbocycles. The number of amides is 1. The van der Waals surface area contributed by atoms with Crippen molar-refractivity contribution in [3.05, 3.63) is 36.2 Å². The number of nitrogens with one attached hydrogen (secondary N) is 2. The second-order valence-electron chi connectivity index (χ2n) is 8.49. The molecule has 2 aromatic rings. The predicted molar refractivity (Wildman–Crippen MR) is 140 cm³/mol. The number of carbonyl (C=O) groups is 1. The quantitative estimate of drug-likeness (QED) is 0.328. The van der Waals surface area contributed by atoms with Crippen LogP contribution >= 0.6 is 24.0 Å². The minimum absolute atomic E-state index is 0. The number of halogens is 1. The number of aliphatic imine (C=N–C) groups is 1. The van der Waals surface area contributed by atoms with Gasteiger partial charge in [-0.3, -0.25) is 19.8 Å². The minimum atomic E-state index is 0. The number of hydrogen-bond acceptors (Lipinski definition) is 5. The molecule has 0 bridgehead atoms. The van der Waals surface area contributed by atoms with Gasteiger partial charge in [0, 0.05) is 58.4 Å². The molecular weight excluding hydrogens is 531 g/mol. The van der Waals surface area contributed by atoms with Crippen molar-refractivity contribution in [1.29, 1.82) is 0 Å². The summed E-state index contributed by atoms with van der Waals surface area (Å²) in [6.45, 7) is 6.55. The monoisotopic (exact) mass is 566 g/mol. The van der Waals surface area contributed by atoms with Crippen LogP contribution in [-0.2, 0) is 11.3 Å². The molecule has 0 radical (unpaired) electrons. The molecule has 9 nitrogen and oxygen atoms in total. The van der Waals surface area contributed by atoms with Gasteiger partial charge in [0.15, 0.2) is 11.8 Å². The van der Waals surface area contributed by atoms with Crippen molar-refractivity contribution >= 4 is 35.8 Å². The average Bonchev–Trinajstić information content (AvgIpc) is 3.23. The summed E-state index contributed by atoms with van der Waals surface area (Å²) >= 11 is 0. The van der Waals surface area contributed by atoms with E-state index in [0.29, 0.717) is 13.1 Å². The van der Waals surface area contributed by atoms with Crippen molar-refractivity contribution in [1.82, 2.24) is 35.2 Å². The molecule has 0 saturated carbocycles. The summed E-state index contributed by atoms with van der Waals surface area (Å²) < 4.78 is 0. The van der Waals surface area contributed by atoms with E-state index in [0.717, 1.165) is 75.0 Å². The Labute approximate surface area is 213 Å². The topological polar surface area (TPSA) is 92.7 Å². The number of aromatic amines is 1. The first-order chi connectivity index (χ1) is 15.7. The number of aromatic nitrogens is 3. The number of hydrogen-bond donors (Lipinski definition) is 2. The highest BCUT2D eigenvalue weighted by Crippen LogP contribution is 2.15. The summed E-state index contributed by atoms with van der Waals surface area (Å²) in [4.78, 5) is 28.0. The SMILES string of the molecule is CN=C(NCc1cccc(-c2ncn[nH]2)c1)N1CCN(CC(=O)N2CCCCCC2)CC1.I. The van der Waals surface area contributed by atoms with Gasteiger partial charge in [0.2, 0.25) is 5.91 Å². The molecular formula is C23H35IN8O. The molecule has 2 aliphatic rings. The number of guanidine groups is 1. The molecule has 1 aromatic heterocycles. The van der Waals surface area contributed by atoms with E-state index in [9.17, 15) is 4.79 Å². The number of piperazine rings is 1. The Balaban J connectivity index is 0.00000306. The zero-order valence-corrected chi connectivity index (χ0v) is 21.7. The van der Waals surface area contributed by atoms with E-state index in [1.165, 1.54) is 19.2 Å². The number of likely N-dealkylation sites (tertiary alicyclic amines) is 1. The highest BCUT2D eigenvalue weighted by Gasteiger charge is 2.23. The van der Waals surface area contributed by atoms with Crippen LogP contribution in [0.2, 0.25) is 0 Å². The Bertz CT molecular complexity index is 888. The van der Waals surface area contributed by atoms with Crippen molar-refractivity contribution < 1.29 is 4.79 Å². The lowest BCUT2D eigenvalue weighted by Crippen LogP contribution is -2.54. The third-order valence-electron chi connectivity index (χ3n) is 6.27. The lowest BCUT2D eigenvalue weighted by atomic mass is 10.1. The Morgan fingerprint density at radius 2 is 1.82 bits per heavy atom. The summed E-state index contributed by atoms with van der Waals surface area (Å²) in [5.74, 6) is 1.95. The summed E-state index contributed by atoms with van der Waals surface area (Å²) in [6.07, 6.45) is 6.30. The molecule has 2 fully saturated rings. The third-order valence-corrected chi connectivity index (χ3v) is 6.27. The average molecular weight is 566 g/mol. The Morgan fingerprint density at radius 1 is 1.06 bits per heavy atom. The van der Waals surface area contributed by atoms with E-state index in [1.807, 2.05) is 19.2 Å². The van der Waals surface area contributed by atoms with Gasteiger partial charge >= 0.3 is 0 Å². The van der Waals surface area contributed by atoms with E-state index in [4.69, 9.17) is 0 Å². The molecule has 2 N–H and O–H groups in total. The van der Waals surface area contributed by atoms with Gasteiger partial charge in [-0.15, -0.1) is 24.0 Å². The molecule has 10 heteroatoms. The molecule has 2 saturated heterocycles. The summed E-state index contributed by atoms with van der Waals surface area (Å²) in [5.41, 5.74) is 2.17. The van der Waals surface area contributed by atoms with Crippen LogP contribution in [0, 0.1) is 0 Å². The lowest BCUT2D eigenvalue weighted by molar-refractivity contribution is -0.132. The van der Waals surface area contributed by atoms with Crippen LogP contribution in [-0.4, -0.2) is 94.6 Å². The van der Waals surface area contributed by atoms with Crippen LogP contribution in [0.5, 0.6) is 0 Å². The molecule has 0 unspecified atom stereocenters. The Hall–Kier alpha value is -2.21. The molecule has 1 amide bonds. The van der Waals surface area contributed by atoms with Gasteiger partial charge in [0.1, 0.15) is 6.33 Å². The standard InChI is InChI=1S/C23H34N8O.HI/c1-24-23(25-16-19-7-6-8-20(15-19)22-26-18-27-28-22)31-13-11-29(12-14-31)17-21(32)30-9-4-2-3-5-10-30;/h6-8,15,18H,2-5,9-14,16-17H2,1H3,(H,24,25)(H,26,27,28);1H. The number of nitrogens with zero attached hydrogens (tertiary/aromatic N) is 6. The second-order valence-corrected chi connectivity index (χ2v) is 8.49. The van der Waals surface area contributed by atoms with Crippen LogP contribution in [0.3, 0.4) is 0 Å². The van der Waals surface area contributed by atoms with Crippen LogP contribution in [0.25, 0.3) is 11.4 Å². The van der Waals surface area contributed by atoms with Gasteiger partial charge in [0.25, 0.3) is 0 Å². The second kappa shape index (κ2) is 12.9. The van der Waals surface area contributed by atoms with E-state index in [2.05, 4.69) is 52.3 Å². The maximum absolute atomic E-state index is 12.7. The van der Waals surface area contributed by atoms with Crippen molar-refractivity contribution in [2.75, 3.05) is 52.9 Å². The summed E-state index contributed by atoms with van der Waals surface area (Å²) in [5, 5.41) is 10.3. The highest BCUT2D eigenvalue weighted by atomic mass is 127. The zero-order chi connectivity index (χ0) is 22.2. The molecule has 3 heterocycles. The van der Waals surface area contributed by atoms with E-state index in [-0.39, 0.29) is 29.9 Å². The van der Waals surface area contributed by atoms with Crippen LogP contribution in [0.4, 0.5) is 0 Å². The zero-order valence-electron chi connectivity index (χ0n) is 19.4. The predicted octanol–water partition coefficient (Wildman–Crippen LogP) is 2.19. The van der Waals surface area contributed by atoms with Crippen LogP contribution in [0.15, 0.2) is 35.6 Å². The Kier molecular flexibility index (Phi) is 9.92. The number of benzene rings is 1. The van der Waals surface area contributed by atoms with E-state index >= 15 is 0 Å². The van der Waals surface area contributed by atoms with Crippen molar-refractivity contribution in [3.8, 4) is 11.4 Å². The fourth-order valence-corrected chi connectivity index (χ4v) is 4.42. The molecule has 4 rings (SSSR count). The Morgan fingerprint density at radius 3 is 2.48 bits per heavy atom. The first kappa shape index (κ1) is 25.4. The van der Waals surface area contributed by atoms with Gasteiger partial charge in [-0.25, -0.2) is 4.98 Å². The summed E-state index contributed by atoms with van der Waals surface area (Å²) in [6, 6.07) is 8.24. The van der Waals surface area contributed by atoms with E-state index < -0.39 is 0 Å². The minimum Gasteiger partial charge on any atom is -0.352 e. The molecule has 0 spiro atoms. The maximum atomic E-state index is 12.7. The molecule has 2 aliphatic heterocycles. The highest BCUT2D eigenvalue weighted by molar-refractivity contribution is 14.0. The molecule has 0 aliphatic carbocycles. The van der Waals surface area contributed by atoms with Gasteiger partial charge in [0.05, 0.1) is 6.54 Å². The normalized spacial score (nSPS) is 17.9. The van der Waals surface area contributed by atoms with Crippen LogP contribution < -0.4 is 5.32 Å². The summed E-state index contributed by atoms with van der Waals surface area (Å²) in [7, 11) is 1.82. The van der Waals surface area contributed by atoms with Gasteiger partial charge in [-0.05, 0) is 24.5 Å². The fourth-order valence-electron chi connectivity index (χ4n) is 4.42. The van der Waals surface area contributed by atoms with E-state index in [1.54, 1.807) is 0 Å². The molecule has 180 valence electrons. The van der Waals surface area contributed by atoms with Crippen molar-refractivity contribution in [3.63, 3.8) is 0 Å². The van der Waals surface area contributed by atoms with Crippen LogP contribution in [0.1, 0.15) is 31.2 Å².